The van der Waals surface area contributed by atoms with Crippen molar-refractivity contribution in [3.8, 4) is 5.75 Å². The van der Waals surface area contributed by atoms with Crippen LogP contribution in [0.5, 0.6) is 5.75 Å². The van der Waals surface area contributed by atoms with E-state index in [1.165, 1.54) is 19.3 Å². The highest BCUT2D eigenvalue weighted by molar-refractivity contribution is 5.48. The number of hydrogen-bond donors (Lipinski definition) is 1. The molecule has 0 fully saturated rings. The van der Waals surface area contributed by atoms with E-state index >= 15 is 0 Å². The average Bonchev–Trinajstić information content (AvgIpc) is 2.30. The summed E-state index contributed by atoms with van der Waals surface area (Å²) in [5, 5.41) is 3.40. The Hall–Kier alpha value is -1.18. The maximum atomic E-state index is 5.65. The van der Waals surface area contributed by atoms with Crippen molar-refractivity contribution in [2.45, 2.75) is 39.5 Å². The van der Waals surface area contributed by atoms with Crippen LogP contribution < -0.4 is 10.1 Å². The molecule has 1 N–H and O–H groups in total. The molecular formula is C14H23NO. The quantitative estimate of drug-likeness (QED) is 0.668. The van der Waals surface area contributed by atoms with Gasteiger partial charge in [-0.15, -0.1) is 0 Å². The van der Waals surface area contributed by atoms with Gasteiger partial charge in [-0.05, 0) is 25.0 Å². The summed E-state index contributed by atoms with van der Waals surface area (Å²) >= 11 is 0. The Morgan fingerprint density at radius 1 is 1.12 bits per heavy atom. The van der Waals surface area contributed by atoms with Crippen LogP contribution in [-0.4, -0.2) is 13.2 Å². The highest BCUT2D eigenvalue weighted by Gasteiger charge is 1.96. The maximum absolute atomic E-state index is 5.65. The lowest BCUT2D eigenvalue weighted by Crippen LogP contribution is -2.01. The zero-order valence-electron chi connectivity index (χ0n) is 10.5. The van der Waals surface area contributed by atoms with E-state index in [-0.39, 0.29) is 0 Å². The van der Waals surface area contributed by atoms with Gasteiger partial charge in [-0.1, -0.05) is 32.8 Å². The zero-order valence-corrected chi connectivity index (χ0v) is 10.5. The number of ether oxygens (including phenoxy) is 1. The molecule has 1 aromatic carbocycles. The molecule has 0 heterocycles. The third-order valence-corrected chi connectivity index (χ3v) is 2.46. The summed E-state index contributed by atoms with van der Waals surface area (Å²) in [4.78, 5) is 0. The van der Waals surface area contributed by atoms with Crippen LogP contribution in [0.2, 0.25) is 0 Å². The van der Waals surface area contributed by atoms with Crippen LogP contribution in [0.1, 0.15) is 39.5 Å². The molecule has 0 amide bonds. The lowest BCUT2D eigenvalue weighted by atomic mass is 10.2. The van der Waals surface area contributed by atoms with Crippen LogP contribution in [0.25, 0.3) is 0 Å². The van der Waals surface area contributed by atoms with Gasteiger partial charge in [0, 0.05) is 18.3 Å². The predicted molar refractivity (Wildman–Crippen MR) is 70.2 cm³/mol. The molecule has 0 aliphatic carbocycles. The summed E-state index contributed by atoms with van der Waals surface area (Å²) in [6.45, 7) is 6.22. The van der Waals surface area contributed by atoms with Crippen molar-refractivity contribution in [2.75, 3.05) is 18.5 Å². The van der Waals surface area contributed by atoms with E-state index in [2.05, 4.69) is 31.3 Å². The molecule has 0 aromatic heterocycles. The molecule has 0 aliphatic rings. The monoisotopic (exact) mass is 221 g/mol. The van der Waals surface area contributed by atoms with Crippen molar-refractivity contribution in [2.24, 2.45) is 0 Å². The molecule has 0 radical (unpaired) electrons. The SMILES string of the molecule is CCCCNc1cccc(OCCCC)c1. The normalized spacial score (nSPS) is 10.1. The van der Waals surface area contributed by atoms with Crippen molar-refractivity contribution in [1.82, 2.24) is 0 Å². The van der Waals surface area contributed by atoms with Crippen LogP contribution in [0, 0.1) is 0 Å². The lowest BCUT2D eigenvalue weighted by Gasteiger charge is -2.09. The Labute approximate surface area is 99.0 Å². The van der Waals surface area contributed by atoms with E-state index in [0.29, 0.717) is 0 Å². The molecule has 2 heteroatoms. The van der Waals surface area contributed by atoms with E-state index in [0.717, 1.165) is 31.0 Å². The minimum absolute atomic E-state index is 0.814. The molecule has 0 unspecified atom stereocenters. The van der Waals surface area contributed by atoms with Gasteiger partial charge < -0.3 is 10.1 Å². The Kier molecular flexibility index (Phi) is 6.47. The van der Waals surface area contributed by atoms with Gasteiger partial charge in [-0.3, -0.25) is 0 Å². The van der Waals surface area contributed by atoms with E-state index in [1.807, 2.05) is 12.1 Å². The molecule has 1 aromatic rings. The summed E-state index contributed by atoms with van der Waals surface area (Å²) in [7, 11) is 0. The summed E-state index contributed by atoms with van der Waals surface area (Å²) in [6.07, 6.45) is 4.72. The van der Waals surface area contributed by atoms with Gasteiger partial charge in [-0.25, -0.2) is 0 Å². The first-order chi connectivity index (χ1) is 7.86. The molecule has 0 atom stereocenters. The number of rotatable bonds is 8. The average molecular weight is 221 g/mol. The number of unbranched alkanes of at least 4 members (excludes halogenated alkanes) is 2. The van der Waals surface area contributed by atoms with Crippen LogP contribution in [-0.2, 0) is 0 Å². The first kappa shape index (κ1) is 12.9. The number of benzene rings is 1. The molecule has 0 saturated heterocycles. The summed E-state index contributed by atoms with van der Waals surface area (Å²) in [5.74, 6) is 0.968. The summed E-state index contributed by atoms with van der Waals surface area (Å²) in [6, 6.07) is 8.21. The Balaban J connectivity index is 2.37. The van der Waals surface area contributed by atoms with Gasteiger partial charge in [0.1, 0.15) is 5.75 Å². The smallest absolute Gasteiger partial charge is 0.121 e. The van der Waals surface area contributed by atoms with E-state index < -0.39 is 0 Å². The molecule has 16 heavy (non-hydrogen) atoms. The molecule has 0 bridgehead atoms. The van der Waals surface area contributed by atoms with E-state index in [4.69, 9.17) is 4.74 Å². The van der Waals surface area contributed by atoms with Gasteiger partial charge >= 0.3 is 0 Å². The number of hydrogen-bond acceptors (Lipinski definition) is 2. The lowest BCUT2D eigenvalue weighted by molar-refractivity contribution is 0.309. The summed E-state index contributed by atoms with van der Waals surface area (Å²) < 4.78 is 5.65. The minimum atomic E-state index is 0.814. The first-order valence-corrected chi connectivity index (χ1v) is 6.33. The maximum Gasteiger partial charge on any atom is 0.121 e. The minimum Gasteiger partial charge on any atom is -0.494 e. The van der Waals surface area contributed by atoms with Crippen molar-refractivity contribution >= 4 is 5.69 Å². The highest BCUT2D eigenvalue weighted by Crippen LogP contribution is 2.17. The fourth-order valence-electron chi connectivity index (χ4n) is 1.44. The van der Waals surface area contributed by atoms with Crippen LogP contribution in [0.15, 0.2) is 24.3 Å². The van der Waals surface area contributed by atoms with Gasteiger partial charge in [0.05, 0.1) is 6.61 Å². The second-order valence-corrected chi connectivity index (χ2v) is 4.01. The third kappa shape index (κ3) is 5.06. The molecular weight excluding hydrogens is 198 g/mol. The zero-order chi connectivity index (χ0) is 11.6. The van der Waals surface area contributed by atoms with Gasteiger partial charge in [0.15, 0.2) is 0 Å². The molecule has 0 saturated carbocycles. The molecule has 1 rings (SSSR count). The predicted octanol–water partition coefficient (Wildman–Crippen LogP) is 4.08. The van der Waals surface area contributed by atoms with Gasteiger partial charge in [0.25, 0.3) is 0 Å². The topological polar surface area (TPSA) is 21.3 Å². The van der Waals surface area contributed by atoms with E-state index in [1.54, 1.807) is 0 Å². The van der Waals surface area contributed by atoms with Crippen molar-refractivity contribution < 1.29 is 4.74 Å². The van der Waals surface area contributed by atoms with Gasteiger partial charge in [-0.2, -0.15) is 0 Å². The Morgan fingerprint density at radius 3 is 2.69 bits per heavy atom. The second kappa shape index (κ2) is 8.03. The van der Waals surface area contributed by atoms with Gasteiger partial charge in [0.2, 0.25) is 0 Å². The van der Waals surface area contributed by atoms with E-state index in [9.17, 15) is 0 Å². The largest absolute Gasteiger partial charge is 0.494 e. The standard InChI is InChI=1S/C14H23NO/c1-3-5-10-15-13-8-7-9-14(12-13)16-11-6-4-2/h7-9,12,15H,3-6,10-11H2,1-2H3. The number of anilines is 1. The molecule has 90 valence electrons. The molecule has 0 spiro atoms. The van der Waals surface area contributed by atoms with Crippen LogP contribution in [0.4, 0.5) is 5.69 Å². The fourth-order valence-corrected chi connectivity index (χ4v) is 1.44. The summed E-state index contributed by atoms with van der Waals surface area (Å²) in [5.41, 5.74) is 1.16. The van der Waals surface area contributed by atoms with Crippen LogP contribution >= 0.6 is 0 Å². The molecule has 0 aliphatic heterocycles. The Morgan fingerprint density at radius 2 is 1.94 bits per heavy atom. The van der Waals surface area contributed by atoms with Crippen molar-refractivity contribution in [1.29, 1.82) is 0 Å². The highest BCUT2D eigenvalue weighted by atomic mass is 16.5. The number of nitrogens with one attached hydrogen (secondary N) is 1. The Bertz CT molecular complexity index is 261. The first-order valence-electron chi connectivity index (χ1n) is 6.33. The molecule has 2 nitrogen and oxygen atoms in total. The van der Waals surface area contributed by atoms with Crippen molar-refractivity contribution in [3.05, 3.63) is 24.3 Å². The second-order valence-electron chi connectivity index (χ2n) is 4.01. The van der Waals surface area contributed by atoms with Crippen LogP contribution in [0.3, 0.4) is 0 Å². The third-order valence-electron chi connectivity index (χ3n) is 2.46. The fraction of sp³-hybridized carbons (Fsp3) is 0.571. The van der Waals surface area contributed by atoms with Crippen molar-refractivity contribution in [3.63, 3.8) is 0 Å².